The van der Waals surface area contributed by atoms with Crippen molar-refractivity contribution in [2.45, 2.75) is 13.3 Å². The van der Waals surface area contributed by atoms with E-state index in [-0.39, 0.29) is 0 Å². The largest absolute Gasteiger partial charge is 0.492 e. The molecule has 1 nitrogen and oxygen atoms in total. The molecule has 0 unspecified atom stereocenters. The lowest BCUT2D eigenvalue weighted by Gasteiger charge is -2.06. The van der Waals surface area contributed by atoms with Gasteiger partial charge in [0.1, 0.15) is 5.75 Å². The number of hydrogen-bond donors (Lipinski definition) is 0. The van der Waals surface area contributed by atoms with Crippen molar-refractivity contribution in [2.24, 2.45) is 0 Å². The van der Waals surface area contributed by atoms with Gasteiger partial charge < -0.3 is 4.74 Å². The summed E-state index contributed by atoms with van der Waals surface area (Å²) >= 11 is 5.72. The van der Waals surface area contributed by atoms with Crippen LogP contribution in [-0.2, 0) is 0 Å². The summed E-state index contributed by atoms with van der Waals surface area (Å²) in [5.41, 5.74) is 0. The molecule has 0 aromatic heterocycles. The fraction of sp³-hybridized carbons (Fsp3) is 0.333. The van der Waals surface area contributed by atoms with Gasteiger partial charge in [-0.3, -0.25) is 0 Å². The Labute approximate surface area is 94.8 Å². The first-order valence-electron chi connectivity index (χ1n) is 3.82. The summed E-state index contributed by atoms with van der Waals surface area (Å²) in [6, 6.07) is 6.07. The van der Waals surface area contributed by atoms with Gasteiger partial charge in [-0.1, -0.05) is 6.92 Å². The van der Waals surface area contributed by atoms with Crippen molar-refractivity contribution in [1.29, 1.82) is 0 Å². The first kappa shape index (κ1) is 10.3. The molecule has 0 heterocycles. The molecule has 3 heteroatoms. The third-order valence-corrected chi connectivity index (χ3v) is 2.65. The van der Waals surface area contributed by atoms with Crippen LogP contribution in [0.25, 0.3) is 0 Å². The standard InChI is InChI=1S/C9H10BrIO/c1-2-5-12-9-4-3-7(11)6-8(9)10/h3-4,6H,2,5H2,1H3. The number of hydrogen-bond acceptors (Lipinski definition) is 1. The van der Waals surface area contributed by atoms with E-state index >= 15 is 0 Å². The lowest BCUT2D eigenvalue weighted by molar-refractivity contribution is 0.315. The molecule has 1 aromatic rings. The molecule has 0 saturated heterocycles. The van der Waals surface area contributed by atoms with Crippen LogP contribution in [0.1, 0.15) is 13.3 Å². The summed E-state index contributed by atoms with van der Waals surface area (Å²) in [4.78, 5) is 0. The topological polar surface area (TPSA) is 9.23 Å². The Morgan fingerprint density at radius 2 is 2.25 bits per heavy atom. The normalized spacial score (nSPS) is 9.92. The van der Waals surface area contributed by atoms with Crippen molar-refractivity contribution in [3.63, 3.8) is 0 Å². The van der Waals surface area contributed by atoms with Crippen LogP contribution < -0.4 is 4.74 Å². The number of halogens is 2. The third-order valence-electron chi connectivity index (χ3n) is 1.36. The molecule has 12 heavy (non-hydrogen) atoms. The Kier molecular flexibility index (Phi) is 4.35. The summed E-state index contributed by atoms with van der Waals surface area (Å²) in [6.45, 7) is 2.87. The van der Waals surface area contributed by atoms with Gasteiger partial charge in [-0.25, -0.2) is 0 Å². The van der Waals surface area contributed by atoms with Crippen molar-refractivity contribution >= 4 is 38.5 Å². The van der Waals surface area contributed by atoms with Gasteiger partial charge in [0.05, 0.1) is 11.1 Å². The van der Waals surface area contributed by atoms with Crippen molar-refractivity contribution < 1.29 is 4.74 Å². The summed E-state index contributed by atoms with van der Waals surface area (Å²) in [7, 11) is 0. The summed E-state index contributed by atoms with van der Waals surface area (Å²) in [5.74, 6) is 0.928. The van der Waals surface area contributed by atoms with E-state index in [0.717, 1.165) is 23.2 Å². The van der Waals surface area contributed by atoms with Gasteiger partial charge >= 0.3 is 0 Å². The molecule has 0 atom stereocenters. The minimum absolute atomic E-state index is 0.777. The molecule has 0 amide bonds. The minimum atomic E-state index is 0.777. The molecule has 0 aliphatic rings. The first-order chi connectivity index (χ1) is 5.74. The zero-order valence-electron chi connectivity index (χ0n) is 6.81. The minimum Gasteiger partial charge on any atom is -0.492 e. The molecule has 0 fully saturated rings. The molecular formula is C9H10BrIO. The molecular weight excluding hydrogens is 331 g/mol. The first-order valence-corrected chi connectivity index (χ1v) is 5.69. The molecule has 0 saturated carbocycles. The van der Waals surface area contributed by atoms with Crippen LogP contribution in [-0.4, -0.2) is 6.61 Å². The van der Waals surface area contributed by atoms with Gasteiger partial charge in [-0.05, 0) is 63.1 Å². The Morgan fingerprint density at radius 3 is 2.83 bits per heavy atom. The van der Waals surface area contributed by atoms with E-state index in [2.05, 4.69) is 45.4 Å². The highest BCUT2D eigenvalue weighted by Gasteiger charge is 1.99. The van der Waals surface area contributed by atoms with Crippen LogP contribution in [0.15, 0.2) is 22.7 Å². The van der Waals surface area contributed by atoms with Crippen molar-refractivity contribution in [2.75, 3.05) is 6.61 Å². The second kappa shape index (κ2) is 5.07. The zero-order valence-corrected chi connectivity index (χ0v) is 10.6. The third kappa shape index (κ3) is 2.94. The quantitative estimate of drug-likeness (QED) is 0.759. The second-order valence-corrected chi connectivity index (χ2v) is 4.52. The summed E-state index contributed by atoms with van der Waals surface area (Å²) in [6.07, 6.45) is 1.04. The van der Waals surface area contributed by atoms with Crippen molar-refractivity contribution in [1.82, 2.24) is 0 Å². The Hall–Kier alpha value is 0.230. The van der Waals surface area contributed by atoms with E-state index in [1.165, 1.54) is 3.57 Å². The lowest BCUT2D eigenvalue weighted by atomic mass is 10.3. The number of rotatable bonds is 3. The predicted octanol–water partition coefficient (Wildman–Crippen LogP) is 3.84. The Morgan fingerprint density at radius 1 is 1.50 bits per heavy atom. The van der Waals surface area contributed by atoms with E-state index in [1.807, 2.05) is 18.2 Å². The predicted molar refractivity (Wildman–Crippen MR) is 62.6 cm³/mol. The Balaban J connectivity index is 2.72. The monoisotopic (exact) mass is 340 g/mol. The second-order valence-electron chi connectivity index (χ2n) is 2.42. The van der Waals surface area contributed by atoms with Gasteiger partial charge in [0.15, 0.2) is 0 Å². The molecule has 1 aromatic carbocycles. The Bertz CT molecular complexity index is 263. The molecule has 0 aliphatic heterocycles. The fourth-order valence-corrected chi connectivity index (χ4v) is 2.22. The maximum atomic E-state index is 5.49. The maximum absolute atomic E-state index is 5.49. The van der Waals surface area contributed by atoms with Gasteiger partial charge in [0.25, 0.3) is 0 Å². The highest BCUT2D eigenvalue weighted by atomic mass is 127. The van der Waals surface area contributed by atoms with Crippen LogP contribution in [0.4, 0.5) is 0 Å². The van der Waals surface area contributed by atoms with E-state index in [1.54, 1.807) is 0 Å². The van der Waals surface area contributed by atoms with Gasteiger partial charge in [0, 0.05) is 3.57 Å². The van der Waals surface area contributed by atoms with E-state index < -0.39 is 0 Å². The molecule has 0 spiro atoms. The molecule has 0 bridgehead atoms. The van der Waals surface area contributed by atoms with Crippen LogP contribution in [0.3, 0.4) is 0 Å². The van der Waals surface area contributed by atoms with Crippen LogP contribution >= 0.6 is 38.5 Å². The highest BCUT2D eigenvalue weighted by Crippen LogP contribution is 2.26. The summed E-state index contributed by atoms with van der Waals surface area (Å²) < 4.78 is 7.73. The molecule has 0 aliphatic carbocycles. The van der Waals surface area contributed by atoms with Gasteiger partial charge in [-0.15, -0.1) is 0 Å². The molecule has 1 rings (SSSR count). The van der Waals surface area contributed by atoms with Gasteiger partial charge in [0.2, 0.25) is 0 Å². The maximum Gasteiger partial charge on any atom is 0.133 e. The molecule has 0 N–H and O–H groups in total. The average Bonchev–Trinajstić information content (AvgIpc) is 2.03. The smallest absolute Gasteiger partial charge is 0.133 e. The molecule has 0 radical (unpaired) electrons. The fourth-order valence-electron chi connectivity index (χ4n) is 0.804. The average molecular weight is 341 g/mol. The van der Waals surface area contributed by atoms with Gasteiger partial charge in [-0.2, -0.15) is 0 Å². The zero-order chi connectivity index (χ0) is 8.97. The number of ether oxygens (including phenoxy) is 1. The highest BCUT2D eigenvalue weighted by molar-refractivity contribution is 14.1. The lowest BCUT2D eigenvalue weighted by Crippen LogP contribution is -1.95. The van der Waals surface area contributed by atoms with E-state index in [4.69, 9.17) is 4.74 Å². The molecule has 66 valence electrons. The van der Waals surface area contributed by atoms with Crippen molar-refractivity contribution in [3.05, 3.63) is 26.2 Å². The van der Waals surface area contributed by atoms with E-state index in [0.29, 0.717) is 0 Å². The number of benzene rings is 1. The van der Waals surface area contributed by atoms with E-state index in [9.17, 15) is 0 Å². The van der Waals surface area contributed by atoms with Crippen molar-refractivity contribution in [3.8, 4) is 5.75 Å². The van der Waals surface area contributed by atoms with Crippen LogP contribution in [0.5, 0.6) is 5.75 Å². The SMILES string of the molecule is CCCOc1ccc(I)cc1Br. The summed E-state index contributed by atoms with van der Waals surface area (Å²) in [5, 5.41) is 0. The van der Waals surface area contributed by atoms with Crippen LogP contribution in [0, 0.1) is 3.57 Å². The van der Waals surface area contributed by atoms with Crippen LogP contribution in [0.2, 0.25) is 0 Å².